The van der Waals surface area contributed by atoms with Gasteiger partial charge in [0.1, 0.15) is 0 Å². The predicted octanol–water partition coefficient (Wildman–Crippen LogP) is 1.75. The highest BCUT2D eigenvalue weighted by Crippen LogP contribution is 2.24. The molecule has 0 atom stereocenters. The molecule has 0 radical (unpaired) electrons. The van der Waals surface area contributed by atoms with E-state index in [-0.39, 0.29) is 23.6 Å². The molecule has 0 spiro atoms. The third-order valence-electron chi connectivity index (χ3n) is 3.26. The number of carboxylic acid groups (broad SMARTS) is 1. The Morgan fingerprint density at radius 2 is 1.92 bits per heavy atom. The van der Waals surface area contributed by atoms with Gasteiger partial charge in [-0.1, -0.05) is 30.3 Å². The number of anilines is 1. The maximum absolute atomic E-state index is 12.1. The van der Waals surface area contributed by atoms with Gasteiger partial charge in [0.2, 0.25) is 5.91 Å². The highest BCUT2D eigenvalue weighted by molar-refractivity contribution is 7.14. The fraction of sp³-hybridized carbons (Fsp3) is 0.0588. The Labute approximate surface area is 141 Å². The largest absolute Gasteiger partial charge is 0.545 e. The Morgan fingerprint density at radius 3 is 2.67 bits per heavy atom. The van der Waals surface area contributed by atoms with E-state index in [9.17, 15) is 14.7 Å². The number of hydrogen-bond acceptors (Lipinski definition) is 6. The summed E-state index contributed by atoms with van der Waals surface area (Å²) < 4.78 is 0. The smallest absolute Gasteiger partial charge is 0.232 e. The number of aromatic carboxylic acids is 1. The third kappa shape index (κ3) is 3.64. The Balaban J connectivity index is 1.70. The maximum atomic E-state index is 12.1. The summed E-state index contributed by atoms with van der Waals surface area (Å²) in [5.74, 6) is -1.74. The first-order valence-electron chi connectivity index (χ1n) is 7.09. The van der Waals surface area contributed by atoms with Crippen LogP contribution in [0.25, 0.3) is 11.3 Å². The number of carboxylic acids is 1. The Hall–Kier alpha value is -3.06. The number of amides is 1. The molecule has 0 fully saturated rings. The van der Waals surface area contributed by atoms with E-state index in [4.69, 9.17) is 0 Å². The van der Waals surface area contributed by atoms with Crippen molar-refractivity contribution < 1.29 is 14.7 Å². The van der Waals surface area contributed by atoms with Gasteiger partial charge in [0.25, 0.3) is 0 Å². The molecule has 1 N–H and O–H groups in total. The van der Waals surface area contributed by atoms with E-state index in [1.165, 1.54) is 29.7 Å². The molecule has 1 amide bonds. The van der Waals surface area contributed by atoms with E-state index in [1.807, 2.05) is 35.7 Å². The van der Waals surface area contributed by atoms with Crippen LogP contribution < -0.4 is 10.4 Å². The van der Waals surface area contributed by atoms with Crippen LogP contribution in [0.15, 0.2) is 54.0 Å². The number of hydrogen-bond donors (Lipinski definition) is 1. The van der Waals surface area contributed by atoms with Crippen LogP contribution in [-0.4, -0.2) is 21.8 Å². The van der Waals surface area contributed by atoms with Crippen LogP contribution in [0, 0.1) is 0 Å². The van der Waals surface area contributed by atoms with Crippen molar-refractivity contribution >= 4 is 28.3 Å². The summed E-state index contributed by atoms with van der Waals surface area (Å²) in [6.45, 7) is 0. The number of carbonyl (C=O) groups excluding carboxylic acids is 2. The lowest BCUT2D eigenvalue weighted by Gasteiger charge is -2.08. The SMILES string of the molecule is O=C(Cc1ncccc1C(=O)[O-])Nc1nc(-c2ccccc2)cs1. The third-order valence-corrected chi connectivity index (χ3v) is 4.02. The zero-order valence-electron chi connectivity index (χ0n) is 12.4. The summed E-state index contributed by atoms with van der Waals surface area (Å²) >= 11 is 1.30. The Morgan fingerprint density at radius 1 is 1.12 bits per heavy atom. The first-order chi connectivity index (χ1) is 11.6. The summed E-state index contributed by atoms with van der Waals surface area (Å²) in [7, 11) is 0. The topological polar surface area (TPSA) is 95.0 Å². The number of nitrogens with one attached hydrogen (secondary N) is 1. The van der Waals surface area contributed by atoms with Crippen molar-refractivity contribution in [3.63, 3.8) is 0 Å². The van der Waals surface area contributed by atoms with Gasteiger partial charge in [0.05, 0.1) is 23.8 Å². The number of pyridine rings is 1. The molecule has 0 aliphatic carbocycles. The molecular weight excluding hydrogens is 326 g/mol. The summed E-state index contributed by atoms with van der Waals surface area (Å²) in [4.78, 5) is 31.4. The fourth-order valence-corrected chi connectivity index (χ4v) is 2.89. The van der Waals surface area contributed by atoms with Gasteiger partial charge in [0.15, 0.2) is 5.13 Å². The van der Waals surface area contributed by atoms with Crippen LogP contribution in [0.5, 0.6) is 0 Å². The molecule has 3 rings (SSSR count). The van der Waals surface area contributed by atoms with E-state index in [0.717, 1.165) is 11.3 Å². The number of carbonyl (C=O) groups is 2. The molecule has 0 aliphatic heterocycles. The molecule has 2 aromatic heterocycles. The molecule has 0 bridgehead atoms. The number of rotatable bonds is 5. The zero-order chi connectivity index (χ0) is 16.9. The standard InChI is InChI=1S/C17H13N3O3S/c21-15(9-13-12(16(22)23)7-4-8-18-13)20-17-19-14(10-24-17)11-5-2-1-3-6-11/h1-8,10H,9H2,(H,22,23)(H,19,20,21)/p-1. The van der Waals surface area contributed by atoms with Gasteiger partial charge >= 0.3 is 0 Å². The van der Waals surface area contributed by atoms with Crippen LogP contribution in [0.2, 0.25) is 0 Å². The Bertz CT molecular complexity index is 878. The summed E-state index contributed by atoms with van der Waals surface area (Å²) in [6.07, 6.45) is 1.27. The van der Waals surface area contributed by atoms with Crippen molar-refractivity contribution in [2.45, 2.75) is 6.42 Å². The van der Waals surface area contributed by atoms with Crippen molar-refractivity contribution in [2.24, 2.45) is 0 Å². The van der Waals surface area contributed by atoms with Crippen LogP contribution in [0.4, 0.5) is 5.13 Å². The fourth-order valence-electron chi connectivity index (χ4n) is 2.15. The minimum absolute atomic E-state index is 0.0863. The lowest BCUT2D eigenvalue weighted by Crippen LogP contribution is -2.26. The summed E-state index contributed by atoms with van der Waals surface area (Å²) in [5.41, 5.74) is 1.80. The van der Waals surface area contributed by atoms with E-state index >= 15 is 0 Å². The molecule has 0 aliphatic rings. The van der Waals surface area contributed by atoms with Gasteiger partial charge in [-0.3, -0.25) is 9.78 Å². The average Bonchev–Trinajstić information content (AvgIpc) is 3.04. The predicted molar refractivity (Wildman–Crippen MR) is 88.5 cm³/mol. The first kappa shape index (κ1) is 15.8. The lowest BCUT2D eigenvalue weighted by atomic mass is 10.1. The minimum atomic E-state index is -1.36. The van der Waals surface area contributed by atoms with E-state index < -0.39 is 5.97 Å². The Kier molecular flexibility index (Phi) is 4.62. The molecular formula is C17H12N3O3S-. The van der Waals surface area contributed by atoms with Crippen molar-refractivity contribution in [3.05, 3.63) is 65.3 Å². The second kappa shape index (κ2) is 7.01. The zero-order valence-corrected chi connectivity index (χ0v) is 13.2. The van der Waals surface area contributed by atoms with Gasteiger partial charge in [-0.05, 0) is 12.1 Å². The monoisotopic (exact) mass is 338 g/mol. The van der Waals surface area contributed by atoms with E-state index in [2.05, 4.69) is 15.3 Å². The maximum Gasteiger partial charge on any atom is 0.232 e. The first-order valence-corrected chi connectivity index (χ1v) is 7.97. The normalized spacial score (nSPS) is 10.3. The molecule has 2 heterocycles. The highest BCUT2D eigenvalue weighted by Gasteiger charge is 2.12. The molecule has 0 saturated carbocycles. The van der Waals surface area contributed by atoms with Crippen molar-refractivity contribution in [1.29, 1.82) is 0 Å². The van der Waals surface area contributed by atoms with Gasteiger partial charge in [-0.2, -0.15) is 0 Å². The van der Waals surface area contributed by atoms with E-state index in [0.29, 0.717) is 5.13 Å². The van der Waals surface area contributed by atoms with Crippen LogP contribution in [-0.2, 0) is 11.2 Å². The second-order valence-corrected chi connectivity index (χ2v) is 5.77. The number of aromatic nitrogens is 2. The van der Waals surface area contributed by atoms with Crippen molar-refractivity contribution in [3.8, 4) is 11.3 Å². The average molecular weight is 338 g/mol. The van der Waals surface area contributed by atoms with Crippen LogP contribution >= 0.6 is 11.3 Å². The number of thiazole rings is 1. The summed E-state index contributed by atoms with van der Waals surface area (Å²) in [5, 5.41) is 16.0. The minimum Gasteiger partial charge on any atom is -0.545 e. The number of benzene rings is 1. The van der Waals surface area contributed by atoms with Gasteiger partial charge in [0, 0.05) is 22.7 Å². The molecule has 0 saturated heterocycles. The van der Waals surface area contributed by atoms with Gasteiger partial charge in [-0.25, -0.2) is 4.98 Å². The number of nitrogens with zero attached hydrogens (tertiary/aromatic N) is 2. The van der Waals surface area contributed by atoms with Crippen molar-refractivity contribution in [1.82, 2.24) is 9.97 Å². The molecule has 24 heavy (non-hydrogen) atoms. The van der Waals surface area contributed by atoms with Gasteiger partial charge < -0.3 is 15.2 Å². The quantitative estimate of drug-likeness (QED) is 0.765. The molecule has 120 valence electrons. The molecule has 7 heteroatoms. The second-order valence-electron chi connectivity index (χ2n) is 4.91. The van der Waals surface area contributed by atoms with E-state index in [1.54, 1.807) is 0 Å². The molecule has 0 unspecified atom stereocenters. The summed E-state index contributed by atoms with van der Waals surface area (Å²) in [6, 6.07) is 12.5. The van der Waals surface area contributed by atoms with Crippen LogP contribution in [0.1, 0.15) is 16.1 Å². The van der Waals surface area contributed by atoms with Crippen molar-refractivity contribution in [2.75, 3.05) is 5.32 Å². The highest BCUT2D eigenvalue weighted by atomic mass is 32.1. The van der Waals surface area contributed by atoms with Gasteiger partial charge in [-0.15, -0.1) is 11.3 Å². The van der Waals surface area contributed by atoms with Crippen LogP contribution in [0.3, 0.4) is 0 Å². The molecule has 1 aromatic carbocycles. The molecule has 6 nitrogen and oxygen atoms in total. The molecule has 3 aromatic rings. The lowest BCUT2D eigenvalue weighted by molar-refractivity contribution is -0.255.